The number of nitrogens with zero attached hydrogens (tertiary/aromatic N) is 3. The van der Waals surface area contributed by atoms with Crippen molar-refractivity contribution >= 4 is 55.7 Å². The molecule has 0 fully saturated rings. The summed E-state index contributed by atoms with van der Waals surface area (Å²) >= 11 is 4.83. The Hall–Kier alpha value is -3.11. The normalized spacial score (nSPS) is 16.5. The SMILES string of the molecule is CCC1=NN2C(=N)C(=Cc3cc(Br)c(OCCOc4ccccc4)c(OC)c3)C(=O)N=C2S1. The Labute approximate surface area is 204 Å². The molecular formula is C23H21BrN4O4S. The van der Waals surface area contributed by atoms with Crippen molar-refractivity contribution in [2.75, 3.05) is 20.3 Å². The first-order valence-corrected chi connectivity index (χ1v) is 11.8. The molecule has 2 aliphatic heterocycles. The molecule has 4 rings (SSSR count). The summed E-state index contributed by atoms with van der Waals surface area (Å²) in [6, 6.07) is 13.0. The Morgan fingerprint density at radius 1 is 1.18 bits per heavy atom. The van der Waals surface area contributed by atoms with Crippen LogP contribution in [-0.2, 0) is 4.79 Å². The van der Waals surface area contributed by atoms with Crippen LogP contribution >= 0.6 is 27.7 Å². The number of fused-ring (bicyclic) bond motifs is 1. The monoisotopic (exact) mass is 528 g/mol. The molecule has 8 nitrogen and oxygen atoms in total. The van der Waals surface area contributed by atoms with E-state index in [1.54, 1.807) is 25.3 Å². The topological polar surface area (TPSA) is 96.6 Å². The highest BCUT2D eigenvalue weighted by Crippen LogP contribution is 2.38. The van der Waals surface area contributed by atoms with Crippen molar-refractivity contribution in [1.29, 1.82) is 5.41 Å². The van der Waals surface area contributed by atoms with Crippen LogP contribution in [0.15, 0.2) is 62.6 Å². The fraction of sp³-hybridized carbons (Fsp3) is 0.217. The molecule has 2 aromatic rings. The number of rotatable bonds is 8. The number of amidine groups is 2. The molecule has 10 heteroatoms. The molecule has 0 bridgehead atoms. The van der Waals surface area contributed by atoms with Crippen LogP contribution in [0.2, 0.25) is 0 Å². The van der Waals surface area contributed by atoms with Gasteiger partial charge in [0.1, 0.15) is 24.0 Å². The van der Waals surface area contributed by atoms with E-state index in [1.165, 1.54) is 16.8 Å². The Kier molecular flexibility index (Phi) is 7.14. The fourth-order valence-electron chi connectivity index (χ4n) is 3.12. The second-order valence-electron chi connectivity index (χ2n) is 6.91. The standard InChI is InChI=1S/C23H21BrN4O4S/c1-3-19-27-28-21(25)16(22(29)26-23(28)33-19)11-14-12-17(24)20(18(13-14)30-2)32-10-9-31-15-7-5-4-6-8-15/h4-8,11-13,25H,3,9-10H2,1-2H3. The minimum absolute atomic E-state index is 0.00516. The average molecular weight is 529 g/mol. The summed E-state index contributed by atoms with van der Waals surface area (Å²) in [4.78, 5) is 16.7. The van der Waals surface area contributed by atoms with Gasteiger partial charge in [0, 0.05) is 0 Å². The summed E-state index contributed by atoms with van der Waals surface area (Å²) in [6.07, 6.45) is 2.31. The minimum Gasteiger partial charge on any atom is -0.493 e. The number of thioether (sulfide) groups is 1. The van der Waals surface area contributed by atoms with Gasteiger partial charge in [-0.3, -0.25) is 10.2 Å². The van der Waals surface area contributed by atoms with E-state index < -0.39 is 5.91 Å². The molecule has 2 aromatic carbocycles. The molecule has 0 unspecified atom stereocenters. The number of carbonyl (C=O) groups is 1. The number of amides is 1. The lowest BCUT2D eigenvalue weighted by Gasteiger charge is -2.20. The summed E-state index contributed by atoms with van der Waals surface area (Å²) in [7, 11) is 1.54. The van der Waals surface area contributed by atoms with Gasteiger partial charge in [-0.2, -0.15) is 15.1 Å². The number of aliphatic imine (C=N–C) groups is 1. The van der Waals surface area contributed by atoms with E-state index in [4.69, 9.17) is 19.6 Å². The van der Waals surface area contributed by atoms with Gasteiger partial charge >= 0.3 is 0 Å². The van der Waals surface area contributed by atoms with Crippen LogP contribution in [-0.4, -0.2) is 47.3 Å². The molecule has 0 atom stereocenters. The molecule has 1 amide bonds. The van der Waals surface area contributed by atoms with Gasteiger partial charge < -0.3 is 14.2 Å². The third-order valence-electron chi connectivity index (χ3n) is 4.70. The highest BCUT2D eigenvalue weighted by molar-refractivity contribution is 9.10. The van der Waals surface area contributed by atoms with Crippen molar-refractivity contribution in [3.63, 3.8) is 0 Å². The van der Waals surface area contributed by atoms with E-state index in [2.05, 4.69) is 26.0 Å². The number of nitrogens with one attached hydrogen (secondary N) is 1. The second-order valence-corrected chi connectivity index (χ2v) is 8.81. The lowest BCUT2D eigenvalue weighted by Crippen LogP contribution is -2.35. The largest absolute Gasteiger partial charge is 0.493 e. The summed E-state index contributed by atoms with van der Waals surface area (Å²) in [5, 5.41) is 15.4. The lowest BCUT2D eigenvalue weighted by molar-refractivity contribution is -0.114. The molecule has 0 aromatic heterocycles. The van der Waals surface area contributed by atoms with Gasteiger partial charge in [-0.25, -0.2) is 0 Å². The molecule has 1 N–H and O–H groups in total. The number of methoxy groups -OCH3 is 1. The van der Waals surface area contributed by atoms with Crippen LogP contribution in [0.1, 0.15) is 18.9 Å². The highest BCUT2D eigenvalue weighted by atomic mass is 79.9. The zero-order chi connectivity index (χ0) is 23.4. The smallest absolute Gasteiger partial charge is 0.283 e. The van der Waals surface area contributed by atoms with Crippen molar-refractivity contribution in [2.45, 2.75) is 13.3 Å². The number of hydrogen-bond acceptors (Lipinski definition) is 7. The lowest BCUT2D eigenvalue weighted by atomic mass is 10.1. The predicted molar refractivity (Wildman–Crippen MR) is 133 cm³/mol. The Bertz CT molecular complexity index is 1180. The van der Waals surface area contributed by atoms with Crippen LogP contribution in [0.25, 0.3) is 6.08 Å². The third kappa shape index (κ3) is 5.12. The van der Waals surface area contributed by atoms with Crippen LogP contribution < -0.4 is 14.2 Å². The van der Waals surface area contributed by atoms with Gasteiger partial charge in [-0.05, 0) is 70.0 Å². The summed E-state index contributed by atoms with van der Waals surface area (Å²) in [6.45, 7) is 2.65. The molecule has 0 saturated heterocycles. The molecule has 0 saturated carbocycles. The van der Waals surface area contributed by atoms with Crippen LogP contribution in [0, 0.1) is 5.41 Å². The molecule has 0 radical (unpaired) electrons. The number of benzene rings is 2. The van der Waals surface area contributed by atoms with Crippen LogP contribution in [0.3, 0.4) is 0 Å². The number of ether oxygens (including phenoxy) is 3. The van der Waals surface area contributed by atoms with Crippen molar-refractivity contribution in [2.24, 2.45) is 10.1 Å². The molecule has 2 heterocycles. The summed E-state index contributed by atoms with van der Waals surface area (Å²) in [5.74, 6) is 1.30. The maximum atomic E-state index is 12.6. The summed E-state index contributed by atoms with van der Waals surface area (Å²) in [5.41, 5.74) is 0.809. The minimum atomic E-state index is -0.472. The molecular weight excluding hydrogens is 508 g/mol. The average Bonchev–Trinajstić information content (AvgIpc) is 3.24. The molecule has 33 heavy (non-hydrogen) atoms. The maximum Gasteiger partial charge on any atom is 0.283 e. The number of halogens is 1. The van der Waals surface area contributed by atoms with E-state index in [0.29, 0.717) is 46.3 Å². The number of hydrazone groups is 1. The Morgan fingerprint density at radius 2 is 1.94 bits per heavy atom. The van der Waals surface area contributed by atoms with E-state index in [0.717, 1.165) is 10.8 Å². The highest BCUT2D eigenvalue weighted by Gasteiger charge is 2.35. The Morgan fingerprint density at radius 3 is 2.67 bits per heavy atom. The van der Waals surface area contributed by atoms with E-state index in [1.807, 2.05) is 37.3 Å². The van der Waals surface area contributed by atoms with E-state index in [-0.39, 0.29) is 11.4 Å². The maximum absolute atomic E-state index is 12.6. The first-order chi connectivity index (χ1) is 16.0. The van der Waals surface area contributed by atoms with E-state index >= 15 is 0 Å². The van der Waals surface area contributed by atoms with Crippen molar-refractivity contribution < 1.29 is 19.0 Å². The van der Waals surface area contributed by atoms with Crippen LogP contribution in [0.4, 0.5) is 0 Å². The fourth-order valence-corrected chi connectivity index (χ4v) is 4.52. The predicted octanol–water partition coefficient (Wildman–Crippen LogP) is 4.94. The van der Waals surface area contributed by atoms with Gasteiger partial charge in [0.2, 0.25) is 5.17 Å². The first kappa shape index (κ1) is 23.1. The van der Waals surface area contributed by atoms with Crippen molar-refractivity contribution in [1.82, 2.24) is 5.01 Å². The number of para-hydroxylation sites is 1. The van der Waals surface area contributed by atoms with Crippen molar-refractivity contribution in [3.8, 4) is 17.2 Å². The number of carbonyl (C=O) groups excluding carboxylic acids is 1. The molecule has 2 aliphatic rings. The molecule has 0 spiro atoms. The second kappa shape index (κ2) is 10.2. The third-order valence-corrected chi connectivity index (χ3v) is 6.35. The van der Waals surface area contributed by atoms with Gasteiger partial charge in [-0.15, -0.1) is 0 Å². The van der Waals surface area contributed by atoms with Gasteiger partial charge in [-0.1, -0.05) is 25.1 Å². The van der Waals surface area contributed by atoms with Gasteiger partial charge in [0.05, 0.1) is 17.2 Å². The van der Waals surface area contributed by atoms with Gasteiger partial charge in [0.25, 0.3) is 5.91 Å². The van der Waals surface area contributed by atoms with Crippen molar-refractivity contribution in [3.05, 3.63) is 58.1 Å². The quantitative estimate of drug-likeness (QED) is 0.384. The van der Waals surface area contributed by atoms with E-state index in [9.17, 15) is 4.79 Å². The Balaban J connectivity index is 1.50. The number of hydrogen-bond donors (Lipinski definition) is 1. The van der Waals surface area contributed by atoms with Gasteiger partial charge in [0.15, 0.2) is 17.3 Å². The van der Waals surface area contributed by atoms with Crippen LogP contribution in [0.5, 0.6) is 17.2 Å². The summed E-state index contributed by atoms with van der Waals surface area (Å²) < 4.78 is 17.7. The first-order valence-electron chi connectivity index (χ1n) is 10.2. The zero-order valence-corrected chi connectivity index (χ0v) is 20.4. The zero-order valence-electron chi connectivity index (χ0n) is 18.0. The molecule has 0 aliphatic carbocycles. The molecule has 170 valence electrons.